The Hall–Kier alpha value is -1.91. The molecule has 0 spiro atoms. The van der Waals surface area contributed by atoms with Crippen LogP contribution in [0, 0.1) is 11.7 Å². The zero-order chi connectivity index (χ0) is 17.5. The number of piperazine rings is 1. The lowest BCUT2D eigenvalue weighted by atomic mass is 9.80. The molecule has 1 saturated heterocycles. The van der Waals surface area contributed by atoms with E-state index in [0.29, 0.717) is 38.5 Å². The van der Waals surface area contributed by atoms with Crippen LogP contribution >= 0.6 is 0 Å². The SMILES string of the molecule is CCC(CC)C(CC(=O)N1CCN(C=O)CC1)c1ccc(F)cc1. The predicted octanol–water partition coefficient (Wildman–Crippen LogP) is 3.04. The Labute approximate surface area is 143 Å². The topological polar surface area (TPSA) is 40.6 Å². The fourth-order valence-corrected chi connectivity index (χ4v) is 3.52. The Morgan fingerprint density at radius 3 is 2.21 bits per heavy atom. The van der Waals surface area contributed by atoms with Crippen LogP contribution in [0.15, 0.2) is 24.3 Å². The fraction of sp³-hybridized carbons (Fsp3) is 0.579. The normalized spacial score (nSPS) is 16.3. The van der Waals surface area contributed by atoms with Gasteiger partial charge in [0.1, 0.15) is 5.82 Å². The Bertz CT molecular complexity index is 535. The summed E-state index contributed by atoms with van der Waals surface area (Å²) in [5, 5.41) is 0. The molecule has 1 fully saturated rings. The van der Waals surface area contributed by atoms with Crippen LogP contribution in [0.5, 0.6) is 0 Å². The van der Waals surface area contributed by atoms with Crippen LogP contribution < -0.4 is 0 Å². The van der Waals surface area contributed by atoms with E-state index in [0.717, 1.165) is 24.8 Å². The van der Waals surface area contributed by atoms with Gasteiger partial charge >= 0.3 is 0 Å². The number of carbonyl (C=O) groups excluding carboxylic acids is 2. The molecule has 2 rings (SSSR count). The van der Waals surface area contributed by atoms with Crippen LogP contribution in [0.4, 0.5) is 4.39 Å². The minimum Gasteiger partial charge on any atom is -0.342 e. The largest absolute Gasteiger partial charge is 0.342 e. The lowest BCUT2D eigenvalue weighted by Crippen LogP contribution is -2.48. The second kappa shape index (κ2) is 8.81. The molecule has 132 valence electrons. The first-order valence-electron chi connectivity index (χ1n) is 8.81. The molecule has 0 N–H and O–H groups in total. The van der Waals surface area contributed by atoms with Gasteiger partial charge in [0, 0.05) is 32.6 Å². The molecule has 1 atom stereocenters. The fourth-order valence-electron chi connectivity index (χ4n) is 3.52. The Morgan fingerprint density at radius 2 is 1.71 bits per heavy atom. The van der Waals surface area contributed by atoms with Gasteiger partial charge in [-0.2, -0.15) is 0 Å². The van der Waals surface area contributed by atoms with Crippen LogP contribution in [0.2, 0.25) is 0 Å². The van der Waals surface area contributed by atoms with Gasteiger partial charge in [0.2, 0.25) is 12.3 Å². The van der Waals surface area contributed by atoms with Crippen molar-refractivity contribution in [2.75, 3.05) is 26.2 Å². The van der Waals surface area contributed by atoms with Gasteiger partial charge in [0.05, 0.1) is 0 Å². The van der Waals surface area contributed by atoms with Crippen LogP contribution in [-0.4, -0.2) is 48.3 Å². The van der Waals surface area contributed by atoms with Crippen molar-refractivity contribution in [3.05, 3.63) is 35.6 Å². The van der Waals surface area contributed by atoms with Gasteiger partial charge < -0.3 is 9.80 Å². The van der Waals surface area contributed by atoms with Crippen molar-refractivity contribution < 1.29 is 14.0 Å². The molecular weight excluding hydrogens is 307 g/mol. The van der Waals surface area contributed by atoms with Crippen LogP contribution in [0.25, 0.3) is 0 Å². The van der Waals surface area contributed by atoms with Crippen LogP contribution in [0.3, 0.4) is 0 Å². The van der Waals surface area contributed by atoms with E-state index < -0.39 is 0 Å². The van der Waals surface area contributed by atoms with Gasteiger partial charge in [-0.05, 0) is 29.5 Å². The maximum absolute atomic E-state index is 13.2. The molecule has 2 amide bonds. The highest BCUT2D eigenvalue weighted by Crippen LogP contribution is 2.33. The first-order chi connectivity index (χ1) is 11.6. The third-order valence-corrected chi connectivity index (χ3v) is 5.13. The summed E-state index contributed by atoms with van der Waals surface area (Å²) >= 11 is 0. The summed E-state index contributed by atoms with van der Waals surface area (Å²) in [7, 11) is 0. The van der Waals surface area contributed by atoms with Crippen molar-refractivity contribution in [1.29, 1.82) is 0 Å². The monoisotopic (exact) mass is 334 g/mol. The van der Waals surface area contributed by atoms with Crippen molar-refractivity contribution >= 4 is 12.3 Å². The third kappa shape index (κ3) is 4.56. The average Bonchev–Trinajstić information content (AvgIpc) is 2.62. The molecule has 1 aliphatic heterocycles. The molecule has 0 saturated carbocycles. The van der Waals surface area contributed by atoms with Crippen molar-refractivity contribution in [1.82, 2.24) is 9.80 Å². The van der Waals surface area contributed by atoms with E-state index in [4.69, 9.17) is 0 Å². The number of benzene rings is 1. The summed E-state index contributed by atoms with van der Waals surface area (Å²) in [5.41, 5.74) is 1.03. The molecule has 24 heavy (non-hydrogen) atoms. The van der Waals surface area contributed by atoms with Gasteiger partial charge in [-0.1, -0.05) is 38.8 Å². The summed E-state index contributed by atoms with van der Waals surface area (Å²) in [6.07, 6.45) is 3.27. The number of nitrogens with zero attached hydrogens (tertiary/aromatic N) is 2. The summed E-state index contributed by atoms with van der Waals surface area (Å²) in [6, 6.07) is 6.54. The molecule has 1 aromatic carbocycles. The average molecular weight is 334 g/mol. The van der Waals surface area contributed by atoms with E-state index in [2.05, 4.69) is 13.8 Å². The predicted molar refractivity (Wildman–Crippen MR) is 92.0 cm³/mol. The first-order valence-corrected chi connectivity index (χ1v) is 8.81. The molecule has 0 radical (unpaired) electrons. The highest BCUT2D eigenvalue weighted by atomic mass is 19.1. The Balaban J connectivity index is 2.08. The molecule has 1 heterocycles. The molecule has 1 unspecified atom stereocenters. The number of amides is 2. The number of rotatable bonds is 7. The van der Waals surface area contributed by atoms with Gasteiger partial charge in [0.25, 0.3) is 0 Å². The zero-order valence-corrected chi connectivity index (χ0v) is 14.6. The smallest absolute Gasteiger partial charge is 0.223 e. The standard InChI is InChI=1S/C19H27FN2O2/c1-3-15(4-2)18(16-5-7-17(20)8-6-16)13-19(24)22-11-9-21(14-23)10-12-22/h5-8,14-15,18H,3-4,9-13H2,1-2H3. The first kappa shape index (κ1) is 18.4. The maximum Gasteiger partial charge on any atom is 0.223 e. The van der Waals surface area contributed by atoms with Crippen molar-refractivity contribution in [2.24, 2.45) is 5.92 Å². The minimum atomic E-state index is -0.252. The van der Waals surface area contributed by atoms with Crippen LogP contribution in [-0.2, 0) is 9.59 Å². The van der Waals surface area contributed by atoms with Gasteiger partial charge in [-0.25, -0.2) is 4.39 Å². The molecule has 0 aromatic heterocycles. The zero-order valence-electron chi connectivity index (χ0n) is 14.6. The van der Waals surface area contributed by atoms with Gasteiger partial charge in [0.15, 0.2) is 0 Å². The number of halogens is 1. The number of hydrogen-bond donors (Lipinski definition) is 0. The quantitative estimate of drug-likeness (QED) is 0.719. The minimum absolute atomic E-state index is 0.109. The summed E-state index contributed by atoms with van der Waals surface area (Å²) < 4.78 is 13.2. The molecule has 0 aliphatic carbocycles. The van der Waals surface area contributed by atoms with Crippen LogP contribution in [0.1, 0.15) is 44.6 Å². The van der Waals surface area contributed by atoms with E-state index in [1.165, 1.54) is 12.1 Å². The molecule has 1 aromatic rings. The molecule has 5 heteroatoms. The maximum atomic E-state index is 13.2. The molecular formula is C19H27FN2O2. The van der Waals surface area contributed by atoms with E-state index in [1.54, 1.807) is 17.0 Å². The summed E-state index contributed by atoms with van der Waals surface area (Å²) in [5.74, 6) is 0.382. The van der Waals surface area contributed by atoms with Crippen molar-refractivity contribution in [3.63, 3.8) is 0 Å². The van der Waals surface area contributed by atoms with E-state index in [1.807, 2.05) is 4.90 Å². The Kier molecular flexibility index (Phi) is 6.76. The third-order valence-electron chi connectivity index (χ3n) is 5.13. The number of carbonyl (C=O) groups is 2. The lowest BCUT2D eigenvalue weighted by molar-refractivity contribution is -0.135. The molecule has 4 nitrogen and oxygen atoms in total. The van der Waals surface area contributed by atoms with E-state index in [9.17, 15) is 14.0 Å². The Morgan fingerprint density at radius 1 is 1.12 bits per heavy atom. The summed E-state index contributed by atoms with van der Waals surface area (Å²) in [6.45, 7) is 6.66. The highest BCUT2D eigenvalue weighted by molar-refractivity contribution is 5.77. The summed E-state index contributed by atoms with van der Waals surface area (Å²) in [4.78, 5) is 27.1. The van der Waals surface area contributed by atoms with Crippen molar-refractivity contribution in [3.8, 4) is 0 Å². The lowest BCUT2D eigenvalue weighted by Gasteiger charge is -2.34. The molecule has 1 aliphatic rings. The van der Waals surface area contributed by atoms with E-state index >= 15 is 0 Å². The van der Waals surface area contributed by atoms with Crippen molar-refractivity contribution in [2.45, 2.75) is 39.0 Å². The van der Waals surface area contributed by atoms with Gasteiger partial charge in [-0.15, -0.1) is 0 Å². The second-order valence-corrected chi connectivity index (χ2v) is 6.46. The number of hydrogen-bond acceptors (Lipinski definition) is 2. The highest BCUT2D eigenvalue weighted by Gasteiger charge is 2.27. The second-order valence-electron chi connectivity index (χ2n) is 6.46. The molecule has 0 bridgehead atoms. The van der Waals surface area contributed by atoms with E-state index in [-0.39, 0.29) is 17.6 Å². The van der Waals surface area contributed by atoms with Gasteiger partial charge in [-0.3, -0.25) is 9.59 Å².